The Labute approximate surface area is 63.4 Å². The van der Waals surface area contributed by atoms with Crippen molar-refractivity contribution in [2.24, 2.45) is 0 Å². The van der Waals surface area contributed by atoms with Crippen LogP contribution in [-0.4, -0.2) is 5.91 Å². The van der Waals surface area contributed by atoms with Crippen LogP contribution in [0.25, 0.3) is 0 Å². The number of rotatable bonds is 0. The standard InChI is InChI=1S/C7H6N3O/c8-4-1-2-5-6(3-4)9-10-7(5)11/h1-3H,8H2,(H,10,11). The van der Waals surface area contributed by atoms with Crippen LogP contribution in [0.5, 0.6) is 0 Å². The van der Waals surface area contributed by atoms with E-state index in [0.29, 0.717) is 16.9 Å². The second kappa shape index (κ2) is 1.88. The number of fused-ring (bicyclic) bond motifs is 1. The first-order chi connectivity index (χ1) is 5.27. The van der Waals surface area contributed by atoms with Gasteiger partial charge in [-0.05, 0) is 18.2 Å². The van der Waals surface area contributed by atoms with E-state index >= 15 is 0 Å². The Kier molecular flexibility index (Phi) is 1.03. The fourth-order valence-electron chi connectivity index (χ4n) is 1.00. The number of anilines is 1. The monoisotopic (exact) mass is 148 g/mol. The maximum atomic E-state index is 10.9. The predicted octanol–water partition coefficient (Wildman–Crippen LogP) is 0.163. The van der Waals surface area contributed by atoms with Crippen LogP contribution in [0.2, 0.25) is 0 Å². The van der Waals surface area contributed by atoms with Crippen LogP contribution < -0.4 is 16.6 Å². The Morgan fingerprint density at radius 3 is 3.09 bits per heavy atom. The van der Waals surface area contributed by atoms with Crippen LogP contribution in [0.15, 0.2) is 18.2 Å². The van der Waals surface area contributed by atoms with Gasteiger partial charge in [0, 0.05) is 5.69 Å². The molecule has 0 atom stereocenters. The van der Waals surface area contributed by atoms with Gasteiger partial charge in [-0.1, -0.05) is 0 Å². The molecule has 11 heavy (non-hydrogen) atoms. The first-order valence-electron chi connectivity index (χ1n) is 3.18. The Bertz CT molecular complexity index is 321. The minimum atomic E-state index is -0.167. The summed E-state index contributed by atoms with van der Waals surface area (Å²) in [6.45, 7) is 0. The SMILES string of the molecule is Nc1ccc2c(c1)[N]NC2=O. The largest absolute Gasteiger partial charge is 0.399 e. The average Bonchev–Trinajstić information content (AvgIpc) is 2.32. The summed E-state index contributed by atoms with van der Waals surface area (Å²) in [6, 6.07) is 5.00. The van der Waals surface area contributed by atoms with Gasteiger partial charge in [0.2, 0.25) is 0 Å². The lowest BCUT2D eigenvalue weighted by Gasteiger charge is -1.94. The summed E-state index contributed by atoms with van der Waals surface area (Å²) in [6.07, 6.45) is 0. The molecule has 3 N–H and O–H groups in total. The molecule has 2 rings (SSSR count). The summed E-state index contributed by atoms with van der Waals surface area (Å²) in [5, 5.41) is 0. The molecule has 1 heterocycles. The normalized spacial score (nSPS) is 13.6. The number of carbonyl (C=O) groups excluding carboxylic acids is 1. The quantitative estimate of drug-likeness (QED) is 0.514. The van der Waals surface area contributed by atoms with E-state index in [-0.39, 0.29) is 5.91 Å². The molecule has 0 fully saturated rings. The predicted molar refractivity (Wildman–Crippen MR) is 40.1 cm³/mol. The van der Waals surface area contributed by atoms with Gasteiger partial charge in [-0.2, -0.15) is 5.43 Å². The van der Waals surface area contributed by atoms with Crippen molar-refractivity contribution in [1.29, 1.82) is 0 Å². The van der Waals surface area contributed by atoms with Crippen LogP contribution in [0.3, 0.4) is 0 Å². The number of nitrogens with two attached hydrogens (primary N) is 1. The Balaban J connectivity index is 2.59. The van der Waals surface area contributed by atoms with Crippen molar-refractivity contribution in [3.8, 4) is 0 Å². The summed E-state index contributed by atoms with van der Waals surface area (Å²) in [5.74, 6) is -0.167. The highest BCUT2D eigenvalue weighted by Crippen LogP contribution is 2.21. The molecule has 0 saturated heterocycles. The highest BCUT2D eigenvalue weighted by molar-refractivity contribution is 6.02. The van der Waals surface area contributed by atoms with Gasteiger partial charge in [-0.3, -0.25) is 4.79 Å². The van der Waals surface area contributed by atoms with Crippen molar-refractivity contribution in [3.63, 3.8) is 0 Å². The van der Waals surface area contributed by atoms with Gasteiger partial charge in [-0.25, -0.2) is 5.43 Å². The van der Waals surface area contributed by atoms with Crippen molar-refractivity contribution in [3.05, 3.63) is 23.8 Å². The highest BCUT2D eigenvalue weighted by atomic mass is 16.2. The molecule has 1 aromatic carbocycles. The molecule has 1 aromatic rings. The van der Waals surface area contributed by atoms with Crippen molar-refractivity contribution >= 4 is 17.3 Å². The third-order valence-electron chi connectivity index (χ3n) is 1.54. The lowest BCUT2D eigenvalue weighted by molar-refractivity contribution is 0.0957. The van der Waals surface area contributed by atoms with E-state index in [1.807, 2.05) is 0 Å². The second-order valence-electron chi connectivity index (χ2n) is 2.33. The van der Waals surface area contributed by atoms with Crippen LogP contribution in [0, 0.1) is 0 Å². The number of hydrogen-bond donors (Lipinski definition) is 2. The number of carbonyl (C=O) groups is 1. The lowest BCUT2D eigenvalue weighted by atomic mass is 10.2. The Morgan fingerprint density at radius 1 is 1.45 bits per heavy atom. The molecule has 1 radical (unpaired) electrons. The van der Waals surface area contributed by atoms with Crippen LogP contribution >= 0.6 is 0 Å². The van der Waals surface area contributed by atoms with E-state index < -0.39 is 0 Å². The number of amides is 1. The fraction of sp³-hybridized carbons (Fsp3) is 0. The minimum Gasteiger partial charge on any atom is -0.399 e. The van der Waals surface area contributed by atoms with Crippen LogP contribution in [0.1, 0.15) is 10.4 Å². The van der Waals surface area contributed by atoms with E-state index in [1.54, 1.807) is 18.2 Å². The zero-order valence-electron chi connectivity index (χ0n) is 5.66. The Morgan fingerprint density at radius 2 is 2.27 bits per heavy atom. The molecule has 4 heteroatoms. The summed E-state index contributed by atoms with van der Waals surface area (Å²) in [7, 11) is 0. The molecule has 4 nitrogen and oxygen atoms in total. The van der Waals surface area contributed by atoms with Gasteiger partial charge >= 0.3 is 0 Å². The van der Waals surface area contributed by atoms with Crippen molar-refractivity contribution < 1.29 is 4.79 Å². The fourth-order valence-corrected chi connectivity index (χ4v) is 1.00. The third-order valence-corrected chi connectivity index (χ3v) is 1.54. The van der Waals surface area contributed by atoms with Crippen LogP contribution in [0.4, 0.5) is 11.4 Å². The second-order valence-corrected chi connectivity index (χ2v) is 2.33. The molecule has 0 saturated carbocycles. The van der Waals surface area contributed by atoms with E-state index in [1.165, 1.54) is 0 Å². The van der Waals surface area contributed by atoms with E-state index in [0.717, 1.165) is 0 Å². The number of nitrogen functional groups attached to an aromatic ring is 1. The molecule has 1 amide bonds. The van der Waals surface area contributed by atoms with Gasteiger partial charge in [0.1, 0.15) is 0 Å². The average molecular weight is 148 g/mol. The molecule has 0 bridgehead atoms. The summed E-state index contributed by atoms with van der Waals surface area (Å²) in [5.41, 5.74) is 13.4. The Hall–Kier alpha value is -1.71. The van der Waals surface area contributed by atoms with Gasteiger partial charge in [0.05, 0.1) is 11.3 Å². The molecular weight excluding hydrogens is 142 g/mol. The van der Waals surface area contributed by atoms with Gasteiger partial charge in [0.15, 0.2) is 0 Å². The first kappa shape index (κ1) is 6.03. The molecule has 55 valence electrons. The summed E-state index contributed by atoms with van der Waals surface area (Å²) in [4.78, 5) is 10.9. The zero-order chi connectivity index (χ0) is 7.84. The molecular formula is C7H6N3O. The van der Waals surface area contributed by atoms with Crippen molar-refractivity contribution in [1.82, 2.24) is 10.9 Å². The molecule has 1 aliphatic rings. The van der Waals surface area contributed by atoms with Gasteiger partial charge in [0.25, 0.3) is 5.91 Å². The molecule has 0 spiro atoms. The van der Waals surface area contributed by atoms with Gasteiger partial charge < -0.3 is 5.73 Å². The molecule has 0 aromatic heterocycles. The zero-order valence-corrected chi connectivity index (χ0v) is 5.66. The maximum absolute atomic E-state index is 10.9. The molecule has 0 aliphatic carbocycles. The maximum Gasteiger partial charge on any atom is 0.273 e. The van der Waals surface area contributed by atoms with Crippen molar-refractivity contribution in [2.45, 2.75) is 0 Å². The highest BCUT2D eigenvalue weighted by Gasteiger charge is 2.19. The molecule has 0 unspecified atom stereocenters. The number of nitrogens with zero attached hydrogens (tertiary/aromatic N) is 1. The van der Waals surface area contributed by atoms with E-state index in [9.17, 15) is 4.79 Å². The third kappa shape index (κ3) is 0.797. The molecule has 1 aliphatic heterocycles. The smallest absolute Gasteiger partial charge is 0.273 e. The number of hydrogen-bond acceptors (Lipinski definition) is 2. The summed E-state index contributed by atoms with van der Waals surface area (Å²) >= 11 is 0. The van der Waals surface area contributed by atoms with E-state index in [4.69, 9.17) is 5.73 Å². The van der Waals surface area contributed by atoms with Crippen molar-refractivity contribution in [2.75, 3.05) is 5.73 Å². The van der Waals surface area contributed by atoms with Crippen LogP contribution in [-0.2, 0) is 0 Å². The summed E-state index contributed by atoms with van der Waals surface area (Å²) < 4.78 is 0. The lowest BCUT2D eigenvalue weighted by Crippen LogP contribution is -2.18. The number of nitrogens with one attached hydrogen (secondary N) is 1. The van der Waals surface area contributed by atoms with E-state index in [2.05, 4.69) is 10.9 Å². The number of benzene rings is 1. The first-order valence-corrected chi connectivity index (χ1v) is 3.18. The minimum absolute atomic E-state index is 0.167. The topological polar surface area (TPSA) is 69.2 Å². The van der Waals surface area contributed by atoms with Gasteiger partial charge in [-0.15, -0.1) is 0 Å².